The first-order chi connectivity index (χ1) is 12.3. The van der Waals surface area contributed by atoms with Crippen LogP contribution in [0.4, 0.5) is 5.69 Å². The van der Waals surface area contributed by atoms with E-state index in [0.717, 1.165) is 30.9 Å². The van der Waals surface area contributed by atoms with Crippen molar-refractivity contribution in [3.05, 3.63) is 24.3 Å². The van der Waals surface area contributed by atoms with Gasteiger partial charge in [-0.25, -0.2) is 8.42 Å². The predicted molar refractivity (Wildman–Crippen MR) is 111 cm³/mol. The zero-order chi connectivity index (χ0) is 19.2. The van der Waals surface area contributed by atoms with Crippen LogP contribution in [0.2, 0.25) is 0 Å². The van der Waals surface area contributed by atoms with Crippen LogP contribution in [0.15, 0.2) is 24.3 Å². The molecule has 0 radical (unpaired) electrons. The summed E-state index contributed by atoms with van der Waals surface area (Å²) in [5.41, 5.74) is 0.872. The molecule has 6 nitrogen and oxygen atoms in total. The van der Waals surface area contributed by atoms with Crippen molar-refractivity contribution in [1.29, 1.82) is 0 Å². The van der Waals surface area contributed by atoms with E-state index in [1.165, 1.54) is 0 Å². The van der Waals surface area contributed by atoms with Gasteiger partial charge in [0.25, 0.3) is 0 Å². The Morgan fingerprint density at radius 3 is 2.50 bits per heavy atom. The maximum atomic E-state index is 11.9. The van der Waals surface area contributed by atoms with Gasteiger partial charge in [-0.15, -0.1) is 0 Å². The zero-order valence-corrected chi connectivity index (χ0v) is 17.4. The second kappa shape index (κ2) is 9.53. The lowest BCUT2D eigenvalue weighted by Crippen LogP contribution is -2.44. The van der Waals surface area contributed by atoms with E-state index >= 15 is 0 Å². The zero-order valence-electron chi connectivity index (χ0n) is 15.8. The maximum Gasteiger partial charge on any atom is 0.173 e. The van der Waals surface area contributed by atoms with Gasteiger partial charge in [0.1, 0.15) is 5.75 Å². The number of hydrogen-bond donors (Lipinski definition) is 1. The summed E-state index contributed by atoms with van der Waals surface area (Å²) in [6.45, 7) is 4.24. The molecule has 8 heteroatoms. The number of nitrogens with one attached hydrogen (secondary N) is 1. The number of anilines is 1. The average Bonchev–Trinajstić information content (AvgIpc) is 2.93. The Hall–Kier alpha value is -1.38. The van der Waals surface area contributed by atoms with E-state index in [0.29, 0.717) is 18.1 Å². The van der Waals surface area contributed by atoms with Crippen molar-refractivity contribution in [3.63, 3.8) is 0 Å². The standard InChI is InChI=1S/C18H29N3O3S2/c1-4-24-17-8-6-15(7-9-17)19-18(25)21(12-5-11-20(2)3)16-10-13-26(22,23)14-16/h6-9,16H,4-5,10-14H2,1-3H3,(H,19,25)/t16-/m1/s1. The maximum absolute atomic E-state index is 11.9. The molecule has 0 saturated carbocycles. The van der Waals surface area contributed by atoms with Crippen molar-refractivity contribution in [3.8, 4) is 5.75 Å². The van der Waals surface area contributed by atoms with E-state index in [-0.39, 0.29) is 17.5 Å². The topological polar surface area (TPSA) is 61.9 Å². The predicted octanol–water partition coefficient (Wildman–Crippen LogP) is 2.22. The summed E-state index contributed by atoms with van der Waals surface area (Å²) >= 11 is 5.61. The highest BCUT2D eigenvalue weighted by Crippen LogP contribution is 2.21. The molecule has 1 aliphatic heterocycles. The van der Waals surface area contributed by atoms with Gasteiger partial charge in [0.05, 0.1) is 18.1 Å². The summed E-state index contributed by atoms with van der Waals surface area (Å²) in [7, 11) is 1.10. The first kappa shape index (κ1) is 20.9. The number of thiocarbonyl (C=S) groups is 1. The summed E-state index contributed by atoms with van der Waals surface area (Å²) in [5, 5.41) is 3.83. The minimum atomic E-state index is -2.96. The molecule has 1 saturated heterocycles. The fourth-order valence-corrected chi connectivity index (χ4v) is 5.11. The van der Waals surface area contributed by atoms with Crippen LogP contribution < -0.4 is 10.1 Å². The molecule has 1 atom stereocenters. The van der Waals surface area contributed by atoms with Crippen LogP contribution in [-0.4, -0.2) is 74.7 Å². The van der Waals surface area contributed by atoms with Gasteiger partial charge >= 0.3 is 0 Å². The van der Waals surface area contributed by atoms with Crippen LogP contribution in [0, 0.1) is 0 Å². The van der Waals surface area contributed by atoms with Crippen molar-refractivity contribution in [2.45, 2.75) is 25.8 Å². The monoisotopic (exact) mass is 399 g/mol. The first-order valence-corrected chi connectivity index (χ1v) is 11.2. The molecule has 26 heavy (non-hydrogen) atoms. The van der Waals surface area contributed by atoms with Gasteiger partial charge in [0, 0.05) is 18.3 Å². The number of hydrogen-bond acceptors (Lipinski definition) is 5. The Balaban J connectivity index is 2.03. The highest BCUT2D eigenvalue weighted by atomic mass is 32.2. The van der Waals surface area contributed by atoms with E-state index in [1.54, 1.807) is 0 Å². The third-order valence-electron chi connectivity index (χ3n) is 4.33. The average molecular weight is 400 g/mol. The van der Waals surface area contributed by atoms with Crippen LogP contribution >= 0.6 is 12.2 Å². The van der Waals surface area contributed by atoms with Crippen LogP contribution in [-0.2, 0) is 9.84 Å². The molecule has 146 valence electrons. The van der Waals surface area contributed by atoms with E-state index in [4.69, 9.17) is 17.0 Å². The Morgan fingerprint density at radius 2 is 1.96 bits per heavy atom. The second-order valence-electron chi connectivity index (χ2n) is 6.79. The second-order valence-corrected chi connectivity index (χ2v) is 9.41. The third-order valence-corrected chi connectivity index (χ3v) is 6.42. The van der Waals surface area contributed by atoms with Crippen molar-refractivity contribution < 1.29 is 13.2 Å². The number of ether oxygens (including phenoxy) is 1. The molecule has 0 aromatic heterocycles. The van der Waals surface area contributed by atoms with Crippen molar-refractivity contribution >= 4 is 32.9 Å². The fourth-order valence-electron chi connectivity index (χ4n) is 3.02. The minimum Gasteiger partial charge on any atom is -0.494 e. The van der Waals surface area contributed by atoms with Crippen LogP contribution in [0.5, 0.6) is 5.75 Å². The number of benzene rings is 1. The molecule has 0 spiro atoms. The van der Waals surface area contributed by atoms with E-state index < -0.39 is 9.84 Å². The molecular weight excluding hydrogens is 370 g/mol. The summed E-state index contributed by atoms with van der Waals surface area (Å²) in [4.78, 5) is 4.16. The molecule has 0 unspecified atom stereocenters. The SMILES string of the molecule is CCOc1ccc(NC(=S)N(CCCN(C)C)[C@@H]2CCS(=O)(=O)C2)cc1. The molecule has 1 aliphatic rings. The molecule has 1 N–H and O–H groups in total. The molecule has 1 fully saturated rings. The first-order valence-electron chi connectivity index (χ1n) is 8.96. The van der Waals surface area contributed by atoms with Gasteiger partial charge in [-0.05, 0) is 76.9 Å². The lowest BCUT2D eigenvalue weighted by Gasteiger charge is -2.31. The molecule has 1 aromatic rings. The number of rotatable bonds is 8. The lowest BCUT2D eigenvalue weighted by atomic mass is 10.2. The summed E-state index contributed by atoms with van der Waals surface area (Å²) in [6, 6.07) is 7.57. The highest BCUT2D eigenvalue weighted by Gasteiger charge is 2.33. The third kappa shape index (κ3) is 6.41. The highest BCUT2D eigenvalue weighted by molar-refractivity contribution is 7.91. The Morgan fingerprint density at radius 1 is 1.27 bits per heavy atom. The van der Waals surface area contributed by atoms with Gasteiger partial charge < -0.3 is 19.9 Å². The summed E-state index contributed by atoms with van der Waals surface area (Å²) < 4.78 is 29.2. The van der Waals surface area contributed by atoms with Gasteiger partial charge in [-0.1, -0.05) is 0 Å². The summed E-state index contributed by atoms with van der Waals surface area (Å²) in [6.07, 6.45) is 1.56. The normalized spacial score (nSPS) is 18.7. The van der Waals surface area contributed by atoms with Gasteiger partial charge in [-0.2, -0.15) is 0 Å². The lowest BCUT2D eigenvalue weighted by molar-refractivity contribution is 0.306. The molecule has 2 rings (SSSR count). The number of nitrogens with zero attached hydrogens (tertiary/aromatic N) is 2. The molecular formula is C18H29N3O3S2. The van der Waals surface area contributed by atoms with Gasteiger partial charge in [0.2, 0.25) is 0 Å². The van der Waals surface area contributed by atoms with Crippen LogP contribution in [0.25, 0.3) is 0 Å². The van der Waals surface area contributed by atoms with E-state index in [1.807, 2.05) is 50.2 Å². The van der Waals surface area contributed by atoms with Gasteiger partial charge in [0.15, 0.2) is 14.9 Å². The van der Waals surface area contributed by atoms with Crippen molar-refractivity contribution in [1.82, 2.24) is 9.80 Å². The number of sulfone groups is 1. The van der Waals surface area contributed by atoms with E-state index in [2.05, 4.69) is 10.2 Å². The molecule has 0 amide bonds. The molecule has 1 aromatic carbocycles. The van der Waals surface area contributed by atoms with Crippen molar-refractivity contribution in [2.24, 2.45) is 0 Å². The van der Waals surface area contributed by atoms with Gasteiger partial charge in [-0.3, -0.25) is 0 Å². The fraction of sp³-hybridized carbons (Fsp3) is 0.611. The van der Waals surface area contributed by atoms with E-state index in [9.17, 15) is 8.42 Å². The van der Waals surface area contributed by atoms with Crippen LogP contribution in [0.3, 0.4) is 0 Å². The molecule has 0 aliphatic carbocycles. The largest absolute Gasteiger partial charge is 0.494 e. The minimum absolute atomic E-state index is 0.0511. The van der Waals surface area contributed by atoms with Crippen LogP contribution in [0.1, 0.15) is 19.8 Å². The molecule has 0 bridgehead atoms. The Labute approximate surface area is 162 Å². The molecule has 1 heterocycles. The quantitative estimate of drug-likeness (QED) is 0.673. The summed E-state index contributed by atoms with van der Waals surface area (Å²) in [5.74, 6) is 1.24. The smallest absolute Gasteiger partial charge is 0.173 e. The Kier molecular flexibility index (Phi) is 7.67. The Bertz CT molecular complexity index is 690. The van der Waals surface area contributed by atoms with Crippen molar-refractivity contribution in [2.75, 3.05) is 50.6 Å².